The van der Waals surface area contributed by atoms with E-state index in [-0.39, 0.29) is 11.7 Å². The topological polar surface area (TPSA) is 20.3 Å². The van der Waals surface area contributed by atoms with Crippen LogP contribution in [0.2, 0.25) is 0 Å². The number of allylic oxidation sites excluding steroid dienone is 1. The standard InChI is InChI=1S/C15H16FNO/c16-13-6-5-11-3-4-12(14(11)10-13)9-15(18)17-7-1-2-8-17/h5-6,9-10H,1-4,7-8H2/b12-9-. The fourth-order valence-corrected chi connectivity index (χ4v) is 2.80. The van der Waals surface area contributed by atoms with Crippen molar-refractivity contribution >= 4 is 11.5 Å². The predicted molar refractivity (Wildman–Crippen MR) is 68.5 cm³/mol. The molecule has 0 N–H and O–H groups in total. The lowest BCUT2D eigenvalue weighted by Gasteiger charge is -2.13. The van der Waals surface area contributed by atoms with Crippen molar-refractivity contribution in [3.8, 4) is 0 Å². The van der Waals surface area contributed by atoms with Gasteiger partial charge in [-0.2, -0.15) is 0 Å². The minimum absolute atomic E-state index is 0.0830. The number of halogens is 1. The molecule has 0 aromatic heterocycles. The highest BCUT2D eigenvalue weighted by Gasteiger charge is 2.21. The first-order valence-electron chi connectivity index (χ1n) is 6.52. The molecule has 0 unspecified atom stereocenters. The average molecular weight is 245 g/mol. The summed E-state index contributed by atoms with van der Waals surface area (Å²) in [7, 11) is 0. The molecule has 1 heterocycles. The lowest BCUT2D eigenvalue weighted by atomic mass is 10.1. The number of nitrogens with zero attached hydrogens (tertiary/aromatic N) is 1. The van der Waals surface area contributed by atoms with Gasteiger partial charge in [-0.05, 0) is 54.5 Å². The van der Waals surface area contributed by atoms with Crippen LogP contribution < -0.4 is 0 Å². The Morgan fingerprint density at radius 3 is 2.78 bits per heavy atom. The first-order chi connectivity index (χ1) is 8.74. The van der Waals surface area contributed by atoms with Gasteiger partial charge in [0.25, 0.3) is 0 Å². The van der Waals surface area contributed by atoms with Crippen LogP contribution in [0, 0.1) is 5.82 Å². The molecule has 18 heavy (non-hydrogen) atoms. The number of aryl methyl sites for hydroxylation is 1. The molecule has 0 radical (unpaired) electrons. The zero-order chi connectivity index (χ0) is 12.5. The van der Waals surface area contributed by atoms with Crippen LogP contribution in [-0.2, 0) is 11.2 Å². The Bertz CT molecular complexity index is 515. The highest BCUT2D eigenvalue weighted by molar-refractivity contribution is 5.96. The summed E-state index contributed by atoms with van der Waals surface area (Å²) in [6.45, 7) is 1.72. The van der Waals surface area contributed by atoms with E-state index in [2.05, 4.69) is 0 Å². The summed E-state index contributed by atoms with van der Waals surface area (Å²) in [5.74, 6) is -0.144. The number of benzene rings is 1. The van der Waals surface area contributed by atoms with Crippen molar-refractivity contribution in [3.63, 3.8) is 0 Å². The van der Waals surface area contributed by atoms with E-state index < -0.39 is 0 Å². The summed E-state index contributed by atoms with van der Waals surface area (Å²) in [6, 6.07) is 4.86. The molecule has 2 aliphatic rings. The van der Waals surface area contributed by atoms with Crippen molar-refractivity contribution < 1.29 is 9.18 Å². The van der Waals surface area contributed by atoms with Gasteiger partial charge in [0.15, 0.2) is 0 Å². The van der Waals surface area contributed by atoms with Crippen LogP contribution in [0.4, 0.5) is 4.39 Å². The molecule has 1 fully saturated rings. The molecule has 1 amide bonds. The van der Waals surface area contributed by atoms with Crippen molar-refractivity contribution in [2.45, 2.75) is 25.7 Å². The second-order valence-electron chi connectivity index (χ2n) is 5.00. The Kier molecular flexibility index (Phi) is 2.90. The molecule has 1 aliphatic heterocycles. The number of likely N-dealkylation sites (tertiary alicyclic amines) is 1. The molecule has 1 saturated heterocycles. The van der Waals surface area contributed by atoms with Gasteiger partial charge in [-0.25, -0.2) is 4.39 Å². The fourth-order valence-electron chi connectivity index (χ4n) is 2.80. The SMILES string of the molecule is O=C(/C=C1/CCc2ccc(F)cc21)N1CCCC1. The molecule has 2 nitrogen and oxygen atoms in total. The van der Waals surface area contributed by atoms with Crippen LogP contribution in [0.25, 0.3) is 5.57 Å². The molecule has 94 valence electrons. The van der Waals surface area contributed by atoms with Gasteiger partial charge in [-0.15, -0.1) is 0 Å². The van der Waals surface area contributed by atoms with E-state index in [4.69, 9.17) is 0 Å². The quantitative estimate of drug-likeness (QED) is 0.697. The van der Waals surface area contributed by atoms with E-state index in [1.54, 1.807) is 12.1 Å². The Morgan fingerprint density at radius 1 is 1.22 bits per heavy atom. The van der Waals surface area contributed by atoms with Crippen molar-refractivity contribution in [2.75, 3.05) is 13.1 Å². The molecule has 1 aromatic carbocycles. The third-order valence-corrected chi connectivity index (χ3v) is 3.80. The van der Waals surface area contributed by atoms with E-state index in [9.17, 15) is 9.18 Å². The first-order valence-corrected chi connectivity index (χ1v) is 6.52. The number of carbonyl (C=O) groups is 1. The van der Waals surface area contributed by atoms with E-state index in [1.165, 1.54) is 6.07 Å². The third kappa shape index (κ3) is 2.05. The van der Waals surface area contributed by atoms with Crippen LogP contribution >= 0.6 is 0 Å². The van der Waals surface area contributed by atoms with Gasteiger partial charge in [-0.1, -0.05) is 6.07 Å². The molecular weight excluding hydrogens is 229 g/mol. The molecule has 1 aliphatic carbocycles. The van der Waals surface area contributed by atoms with Crippen LogP contribution in [-0.4, -0.2) is 23.9 Å². The number of amides is 1. The third-order valence-electron chi connectivity index (χ3n) is 3.80. The number of fused-ring (bicyclic) bond motifs is 1. The molecule has 0 saturated carbocycles. The van der Waals surface area contributed by atoms with Crippen molar-refractivity contribution in [2.24, 2.45) is 0 Å². The first kappa shape index (κ1) is 11.5. The molecule has 3 rings (SSSR count). The minimum Gasteiger partial charge on any atom is -0.339 e. The second kappa shape index (κ2) is 4.56. The highest BCUT2D eigenvalue weighted by atomic mass is 19.1. The van der Waals surface area contributed by atoms with Gasteiger partial charge in [0.05, 0.1) is 0 Å². The lowest BCUT2D eigenvalue weighted by Crippen LogP contribution is -2.25. The van der Waals surface area contributed by atoms with Gasteiger partial charge in [0.2, 0.25) is 5.91 Å². The highest BCUT2D eigenvalue weighted by Crippen LogP contribution is 2.32. The second-order valence-corrected chi connectivity index (χ2v) is 5.00. The Hall–Kier alpha value is -1.64. The molecule has 0 atom stereocenters. The molecule has 1 aromatic rings. The number of hydrogen-bond acceptors (Lipinski definition) is 1. The number of carbonyl (C=O) groups excluding carboxylic acids is 1. The summed E-state index contributed by atoms with van der Waals surface area (Å²) in [4.78, 5) is 13.9. The minimum atomic E-state index is -0.227. The molecule has 0 bridgehead atoms. The maximum absolute atomic E-state index is 13.3. The largest absolute Gasteiger partial charge is 0.339 e. The van der Waals surface area contributed by atoms with Gasteiger partial charge in [0.1, 0.15) is 5.82 Å². The summed E-state index contributed by atoms with van der Waals surface area (Å²) in [5, 5.41) is 0. The zero-order valence-electron chi connectivity index (χ0n) is 10.3. The Labute approximate surface area is 106 Å². The van der Waals surface area contributed by atoms with E-state index >= 15 is 0 Å². The van der Waals surface area contributed by atoms with E-state index in [0.717, 1.165) is 55.5 Å². The van der Waals surface area contributed by atoms with Crippen molar-refractivity contribution in [1.82, 2.24) is 4.90 Å². The molecular formula is C15H16FNO. The number of rotatable bonds is 1. The van der Waals surface area contributed by atoms with Gasteiger partial charge in [0, 0.05) is 19.2 Å². The summed E-state index contributed by atoms with van der Waals surface area (Å²) < 4.78 is 13.3. The van der Waals surface area contributed by atoms with Crippen molar-refractivity contribution in [3.05, 3.63) is 41.2 Å². The predicted octanol–water partition coefficient (Wildman–Crippen LogP) is 2.78. The maximum Gasteiger partial charge on any atom is 0.246 e. The van der Waals surface area contributed by atoms with Crippen molar-refractivity contribution in [1.29, 1.82) is 0 Å². The Morgan fingerprint density at radius 2 is 2.00 bits per heavy atom. The lowest BCUT2D eigenvalue weighted by molar-refractivity contribution is -0.124. The van der Waals surface area contributed by atoms with Crippen LogP contribution in [0.15, 0.2) is 24.3 Å². The number of hydrogen-bond donors (Lipinski definition) is 0. The zero-order valence-corrected chi connectivity index (χ0v) is 10.3. The summed E-state index contributed by atoms with van der Waals surface area (Å²) in [6.07, 6.45) is 5.66. The van der Waals surface area contributed by atoms with Gasteiger partial charge in [-0.3, -0.25) is 4.79 Å². The van der Waals surface area contributed by atoms with Crippen LogP contribution in [0.3, 0.4) is 0 Å². The fraction of sp³-hybridized carbons (Fsp3) is 0.400. The molecule has 3 heteroatoms. The average Bonchev–Trinajstić information content (AvgIpc) is 2.99. The summed E-state index contributed by atoms with van der Waals surface area (Å²) >= 11 is 0. The normalized spacial score (nSPS) is 20.5. The Balaban J connectivity index is 1.86. The van der Waals surface area contributed by atoms with Crippen LogP contribution in [0.1, 0.15) is 30.4 Å². The monoisotopic (exact) mass is 245 g/mol. The smallest absolute Gasteiger partial charge is 0.246 e. The summed E-state index contributed by atoms with van der Waals surface area (Å²) in [5.41, 5.74) is 3.06. The van der Waals surface area contributed by atoms with E-state index in [0.29, 0.717) is 0 Å². The van der Waals surface area contributed by atoms with Gasteiger partial charge < -0.3 is 4.90 Å². The van der Waals surface area contributed by atoms with Crippen LogP contribution in [0.5, 0.6) is 0 Å². The maximum atomic E-state index is 13.3. The van der Waals surface area contributed by atoms with E-state index in [1.807, 2.05) is 11.0 Å². The molecule has 0 spiro atoms. The van der Waals surface area contributed by atoms with Gasteiger partial charge >= 0.3 is 0 Å².